The predicted molar refractivity (Wildman–Crippen MR) is 94.7 cm³/mol. The normalized spacial score (nSPS) is 11.5. The van der Waals surface area contributed by atoms with Gasteiger partial charge in [-0.1, -0.05) is 11.8 Å². The Bertz CT molecular complexity index is 1140. The summed E-state index contributed by atoms with van der Waals surface area (Å²) in [4.78, 5) is 36.7. The molecule has 0 bridgehead atoms. The highest BCUT2D eigenvalue weighted by molar-refractivity contribution is 7.98. The number of aromatic nitrogens is 4. The van der Waals surface area contributed by atoms with Gasteiger partial charge in [-0.2, -0.15) is 0 Å². The largest absolute Gasteiger partial charge is 0.309 e. The molecule has 0 spiro atoms. The molecule has 0 aliphatic carbocycles. The Morgan fingerprint density at radius 2 is 2.04 bits per heavy atom. The molecule has 4 aromatic heterocycles. The molecule has 4 rings (SSSR count). The molecule has 4 aromatic rings. The van der Waals surface area contributed by atoms with Crippen molar-refractivity contribution in [2.45, 2.75) is 10.9 Å². The van der Waals surface area contributed by atoms with E-state index in [-0.39, 0.29) is 11.1 Å². The van der Waals surface area contributed by atoms with Crippen LogP contribution in [0.5, 0.6) is 0 Å². The molecule has 0 aromatic carbocycles. The molecule has 116 valence electrons. The van der Waals surface area contributed by atoms with E-state index >= 15 is 0 Å². The maximum Gasteiger partial charge on any atom is 0.268 e. The highest BCUT2D eigenvalue weighted by atomic mass is 32.2. The van der Waals surface area contributed by atoms with Gasteiger partial charge in [0.25, 0.3) is 11.1 Å². The van der Waals surface area contributed by atoms with Crippen LogP contribution < -0.4 is 11.1 Å². The zero-order valence-corrected chi connectivity index (χ0v) is 14.3. The molecule has 0 aliphatic heterocycles. The number of thioether (sulfide) groups is 1. The fourth-order valence-electron chi connectivity index (χ4n) is 2.23. The third kappa shape index (κ3) is 2.50. The molecule has 6 nitrogen and oxygen atoms in total. The lowest BCUT2D eigenvalue weighted by Crippen LogP contribution is -2.19. The van der Waals surface area contributed by atoms with Crippen molar-refractivity contribution in [1.82, 2.24) is 19.5 Å². The summed E-state index contributed by atoms with van der Waals surface area (Å²) in [6, 6.07) is 3.61. The van der Waals surface area contributed by atoms with E-state index in [1.54, 1.807) is 13.1 Å². The molecule has 0 saturated carbocycles. The Balaban J connectivity index is 1.69. The lowest BCUT2D eigenvalue weighted by molar-refractivity contribution is 0.727. The SMILES string of the molecule is Cn1c(SCc2nc3ccsc3c(=O)[nH]2)nc2sccc2c1=O. The summed E-state index contributed by atoms with van der Waals surface area (Å²) in [6.45, 7) is 0. The summed E-state index contributed by atoms with van der Waals surface area (Å²) in [7, 11) is 1.70. The zero-order chi connectivity index (χ0) is 16.0. The maximum absolute atomic E-state index is 12.3. The van der Waals surface area contributed by atoms with Crippen LogP contribution in [0.1, 0.15) is 5.82 Å². The molecular formula is C14H10N4O2S3. The number of nitrogens with zero attached hydrogens (tertiary/aromatic N) is 3. The minimum Gasteiger partial charge on any atom is -0.309 e. The van der Waals surface area contributed by atoms with Crippen LogP contribution >= 0.6 is 34.4 Å². The summed E-state index contributed by atoms with van der Waals surface area (Å²) in [6.07, 6.45) is 0. The highest BCUT2D eigenvalue weighted by Gasteiger charge is 2.11. The second-order valence-electron chi connectivity index (χ2n) is 4.83. The molecule has 0 fully saturated rings. The Labute approximate surface area is 141 Å². The Hall–Kier alpha value is -1.97. The van der Waals surface area contributed by atoms with Crippen molar-refractivity contribution in [3.8, 4) is 0 Å². The van der Waals surface area contributed by atoms with Gasteiger partial charge < -0.3 is 4.98 Å². The van der Waals surface area contributed by atoms with E-state index in [2.05, 4.69) is 15.0 Å². The number of thiophene rings is 2. The first-order valence-corrected chi connectivity index (χ1v) is 9.41. The Morgan fingerprint density at radius 3 is 2.91 bits per heavy atom. The van der Waals surface area contributed by atoms with Crippen molar-refractivity contribution in [3.63, 3.8) is 0 Å². The van der Waals surface area contributed by atoms with Crippen LogP contribution in [0, 0.1) is 0 Å². The first kappa shape index (κ1) is 14.6. The molecule has 1 N–H and O–H groups in total. The molecule has 0 saturated heterocycles. The number of H-pyrrole nitrogens is 1. The topological polar surface area (TPSA) is 80.6 Å². The van der Waals surface area contributed by atoms with Crippen LogP contribution in [0.25, 0.3) is 20.4 Å². The summed E-state index contributed by atoms with van der Waals surface area (Å²) >= 11 is 4.20. The van der Waals surface area contributed by atoms with Crippen LogP contribution in [0.3, 0.4) is 0 Å². The Kier molecular flexibility index (Phi) is 3.55. The molecule has 23 heavy (non-hydrogen) atoms. The monoisotopic (exact) mass is 362 g/mol. The standard InChI is InChI=1S/C14H10N4O2S3/c1-18-13(20)7-2-4-22-12(7)17-14(18)23-6-9-15-8-3-5-21-10(8)11(19)16-9/h2-5H,6H2,1H3,(H,15,16,19). The first-order valence-electron chi connectivity index (χ1n) is 6.67. The van der Waals surface area contributed by atoms with Crippen molar-refractivity contribution >= 4 is 54.9 Å². The van der Waals surface area contributed by atoms with Crippen LogP contribution in [0.2, 0.25) is 0 Å². The highest BCUT2D eigenvalue weighted by Crippen LogP contribution is 2.23. The third-order valence-electron chi connectivity index (χ3n) is 3.37. The number of nitrogens with one attached hydrogen (secondary N) is 1. The molecule has 4 heterocycles. The number of hydrogen-bond donors (Lipinski definition) is 1. The lowest BCUT2D eigenvalue weighted by atomic mass is 10.4. The Morgan fingerprint density at radius 1 is 1.22 bits per heavy atom. The molecule has 0 amide bonds. The van der Waals surface area contributed by atoms with E-state index in [0.29, 0.717) is 32.3 Å². The van der Waals surface area contributed by atoms with Gasteiger partial charge in [0.05, 0.1) is 16.7 Å². The average molecular weight is 362 g/mol. The van der Waals surface area contributed by atoms with E-state index in [1.165, 1.54) is 39.0 Å². The predicted octanol–water partition coefficient (Wildman–Crippen LogP) is 2.59. The van der Waals surface area contributed by atoms with E-state index in [9.17, 15) is 9.59 Å². The van der Waals surface area contributed by atoms with Gasteiger partial charge in [-0.3, -0.25) is 14.2 Å². The number of rotatable bonds is 3. The molecule has 0 atom stereocenters. The molecule has 9 heteroatoms. The smallest absolute Gasteiger partial charge is 0.268 e. The number of hydrogen-bond acceptors (Lipinski definition) is 7. The van der Waals surface area contributed by atoms with Crippen LogP contribution in [0.15, 0.2) is 37.6 Å². The van der Waals surface area contributed by atoms with Crippen molar-refractivity contribution in [2.75, 3.05) is 0 Å². The van der Waals surface area contributed by atoms with E-state index in [4.69, 9.17) is 0 Å². The van der Waals surface area contributed by atoms with Gasteiger partial charge in [-0.15, -0.1) is 22.7 Å². The maximum atomic E-state index is 12.3. The van der Waals surface area contributed by atoms with Gasteiger partial charge in [0.1, 0.15) is 15.4 Å². The minimum atomic E-state index is -0.129. The van der Waals surface area contributed by atoms with Gasteiger partial charge in [-0.25, -0.2) is 9.97 Å². The van der Waals surface area contributed by atoms with Crippen molar-refractivity contribution in [3.05, 3.63) is 49.4 Å². The van der Waals surface area contributed by atoms with Gasteiger partial charge in [-0.05, 0) is 22.9 Å². The number of aromatic amines is 1. The summed E-state index contributed by atoms with van der Waals surface area (Å²) in [5.41, 5.74) is 0.509. The molecular weight excluding hydrogens is 352 g/mol. The summed E-state index contributed by atoms with van der Waals surface area (Å²) in [5.74, 6) is 1.02. The lowest BCUT2D eigenvalue weighted by Gasteiger charge is -2.06. The number of fused-ring (bicyclic) bond motifs is 2. The summed E-state index contributed by atoms with van der Waals surface area (Å²) < 4.78 is 2.16. The average Bonchev–Trinajstić information content (AvgIpc) is 3.18. The van der Waals surface area contributed by atoms with E-state index in [0.717, 1.165) is 4.83 Å². The van der Waals surface area contributed by atoms with Gasteiger partial charge >= 0.3 is 0 Å². The fraction of sp³-hybridized carbons (Fsp3) is 0.143. The first-order chi connectivity index (χ1) is 11.1. The van der Waals surface area contributed by atoms with Gasteiger partial charge in [0.15, 0.2) is 5.16 Å². The zero-order valence-electron chi connectivity index (χ0n) is 11.9. The molecule has 0 aliphatic rings. The minimum absolute atomic E-state index is 0.0616. The fourth-order valence-corrected chi connectivity index (χ4v) is 4.60. The van der Waals surface area contributed by atoms with Crippen LogP contribution in [-0.4, -0.2) is 19.5 Å². The summed E-state index contributed by atoms with van der Waals surface area (Å²) in [5, 5.41) is 4.95. The van der Waals surface area contributed by atoms with E-state index in [1.807, 2.05) is 16.8 Å². The van der Waals surface area contributed by atoms with Crippen molar-refractivity contribution in [2.24, 2.45) is 7.05 Å². The van der Waals surface area contributed by atoms with Crippen molar-refractivity contribution in [1.29, 1.82) is 0 Å². The quantitative estimate of drug-likeness (QED) is 0.447. The molecule has 0 radical (unpaired) electrons. The van der Waals surface area contributed by atoms with E-state index < -0.39 is 0 Å². The van der Waals surface area contributed by atoms with Gasteiger partial charge in [0.2, 0.25) is 0 Å². The van der Waals surface area contributed by atoms with Crippen LogP contribution in [-0.2, 0) is 12.8 Å². The van der Waals surface area contributed by atoms with Crippen LogP contribution in [0.4, 0.5) is 0 Å². The molecule has 0 unspecified atom stereocenters. The van der Waals surface area contributed by atoms with Crippen molar-refractivity contribution < 1.29 is 0 Å². The third-order valence-corrected chi connectivity index (χ3v) is 6.12. The van der Waals surface area contributed by atoms with Gasteiger partial charge in [0, 0.05) is 7.05 Å². The second-order valence-corrected chi connectivity index (χ2v) is 7.59. The second kappa shape index (κ2) is 5.59.